The third-order valence-electron chi connectivity index (χ3n) is 4.88. The minimum atomic E-state index is -0.153. The van der Waals surface area contributed by atoms with Gasteiger partial charge in [0.2, 0.25) is 5.91 Å². The quantitative estimate of drug-likeness (QED) is 0.854. The molecule has 1 aliphatic carbocycles. The molecule has 24 heavy (non-hydrogen) atoms. The minimum absolute atomic E-state index is 0.0589. The molecule has 0 bridgehead atoms. The van der Waals surface area contributed by atoms with Gasteiger partial charge in [-0.05, 0) is 25.3 Å². The predicted octanol–water partition coefficient (Wildman–Crippen LogP) is 0.428. The van der Waals surface area contributed by atoms with Crippen molar-refractivity contribution in [3.63, 3.8) is 0 Å². The molecule has 0 saturated heterocycles. The highest BCUT2D eigenvalue weighted by Crippen LogP contribution is 2.27. The van der Waals surface area contributed by atoms with E-state index in [1.54, 1.807) is 18.1 Å². The molecule has 0 spiro atoms. The first kappa shape index (κ1) is 14.9. The fraction of sp³-hybridized carbons (Fsp3) is 0.500. The molecule has 0 fully saturated rings. The number of nitrogens with one attached hydrogen (secondary N) is 2. The van der Waals surface area contributed by atoms with Crippen LogP contribution in [-0.2, 0) is 24.2 Å². The molecule has 0 aromatic carbocycles. The van der Waals surface area contributed by atoms with Gasteiger partial charge >= 0.3 is 0 Å². The second-order valence-corrected chi connectivity index (χ2v) is 6.37. The molecular weight excluding hydrogens is 308 g/mol. The van der Waals surface area contributed by atoms with Crippen molar-refractivity contribution in [3.05, 3.63) is 34.9 Å². The lowest BCUT2D eigenvalue weighted by Gasteiger charge is -2.33. The molecule has 3 heterocycles. The summed E-state index contributed by atoms with van der Waals surface area (Å²) in [5.41, 5.74) is 3.62. The monoisotopic (exact) mass is 328 g/mol. The zero-order chi connectivity index (χ0) is 16.7. The Bertz CT molecular complexity index is 792. The van der Waals surface area contributed by atoms with E-state index >= 15 is 0 Å². The molecule has 2 amide bonds. The lowest BCUT2D eigenvalue weighted by molar-refractivity contribution is -0.121. The van der Waals surface area contributed by atoms with E-state index in [0.717, 1.165) is 36.2 Å². The van der Waals surface area contributed by atoms with Gasteiger partial charge in [-0.3, -0.25) is 19.4 Å². The van der Waals surface area contributed by atoms with Crippen LogP contribution >= 0.6 is 0 Å². The molecule has 2 aliphatic rings. The van der Waals surface area contributed by atoms with Gasteiger partial charge in [-0.25, -0.2) is 0 Å². The molecular formula is C16H20N6O2. The molecule has 0 radical (unpaired) electrons. The van der Waals surface area contributed by atoms with Crippen LogP contribution in [0.4, 0.5) is 0 Å². The molecule has 2 aromatic heterocycles. The number of aromatic amines is 1. The molecule has 8 heteroatoms. The van der Waals surface area contributed by atoms with Crippen molar-refractivity contribution in [2.45, 2.75) is 38.3 Å². The van der Waals surface area contributed by atoms with Crippen LogP contribution < -0.4 is 5.32 Å². The maximum atomic E-state index is 13.0. The fourth-order valence-corrected chi connectivity index (χ4v) is 3.66. The fourth-order valence-electron chi connectivity index (χ4n) is 3.66. The topological polar surface area (TPSA) is 95.9 Å². The van der Waals surface area contributed by atoms with Crippen LogP contribution in [0.1, 0.15) is 46.3 Å². The summed E-state index contributed by atoms with van der Waals surface area (Å²) in [6.45, 7) is 0.952. The van der Waals surface area contributed by atoms with Gasteiger partial charge in [0.25, 0.3) is 5.91 Å². The number of rotatable bonds is 3. The first-order valence-corrected chi connectivity index (χ1v) is 8.25. The third-order valence-corrected chi connectivity index (χ3v) is 4.88. The molecule has 1 aliphatic heterocycles. The van der Waals surface area contributed by atoms with Crippen molar-refractivity contribution >= 4 is 11.8 Å². The van der Waals surface area contributed by atoms with Gasteiger partial charge in [-0.1, -0.05) is 0 Å². The Balaban J connectivity index is 1.60. The molecule has 2 aromatic rings. The summed E-state index contributed by atoms with van der Waals surface area (Å²) >= 11 is 0. The smallest absolute Gasteiger partial charge is 0.275 e. The standard InChI is InChI=1S/C16H20N6O2/c1-17-14(23)7-11-9-21(8-10-5-6-18-22(10)11)16(24)15-12-3-2-4-13(12)19-20-15/h5-6,11H,2-4,7-9H2,1H3,(H,17,23)(H,19,20). The van der Waals surface area contributed by atoms with Crippen molar-refractivity contribution in [1.29, 1.82) is 0 Å². The predicted molar refractivity (Wildman–Crippen MR) is 85.3 cm³/mol. The van der Waals surface area contributed by atoms with E-state index in [1.807, 2.05) is 10.7 Å². The van der Waals surface area contributed by atoms with Crippen LogP contribution in [0.5, 0.6) is 0 Å². The zero-order valence-electron chi connectivity index (χ0n) is 13.6. The number of amides is 2. The second kappa shape index (κ2) is 5.77. The Morgan fingerprint density at radius 3 is 3.12 bits per heavy atom. The van der Waals surface area contributed by atoms with E-state index in [4.69, 9.17) is 0 Å². The van der Waals surface area contributed by atoms with Crippen LogP contribution in [0.3, 0.4) is 0 Å². The molecule has 0 saturated carbocycles. The van der Waals surface area contributed by atoms with Crippen molar-refractivity contribution in [2.75, 3.05) is 13.6 Å². The number of aryl methyl sites for hydroxylation is 1. The molecule has 126 valence electrons. The van der Waals surface area contributed by atoms with Crippen LogP contribution in [0, 0.1) is 0 Å². The number of aromatic nitrogens is 4. The van der Waals surface area contributed by atoms with E-state index in [2.05, 4.69) is 20.6 Å². The number of H-pyrrole nitrogens is 1. The van der Waals surface area contributed by atoms with E-state index < -0.39 is 0 Å². The Morgan fingerprint density at radius 2 is 2.29 bits per heavy atom. The average Bonchev–Trinajstić information content (AvgIpc) is 3.29. The summed E-state index contributed by atoms with van der Waals surface area (Å²) in [6, 6.07) is 1.74. The highest BCUT2D eigenvalue weighted by Gasteiger charge is 2.33. The van der Waals surface area contributed by atoms with E-state index in [0.29, 0.717) is 25.2 Å². The average molecular weight is 328 g/mol. The second-order valence-electron chi connectivity index (χ2n) is 6.37. The highest BCUT2D eigenvalue weighted by atomic mass is 16.2. The SMILES string of the molecule is CNC(=O)CC1CN(C(=O)c2n[nH]c3c2CCC3)Cc2ccnn21. The first-order valence-electron chi connectivity index (χ1n) is 8.25. The van der Waals surface area contributed by atoms with E-state index in [9.17, 15) is 9.59 Å². The summed E-state index contributed by atoms with van der Waals surface area (Å²) in [6.07, 6.45) is 4.94. The molecule has 4 rings (SSSR count). The summed E-state index contributed by atoms with van der Waals surface area (Å²) in [4.78, 5) is 26.5. The van der Waals surface area contributed by atoms with Gasteiger partial charge in [0, 0.05) is 31.0 Å². The summed E-state index contributed by atoms with van der Waals surface area (Å²) in [5.74, 6) is -0.125. The van der Waals surface area contributed by atoms with Crippen LogP contribution in [0.25, 0.3) is 0 Å². The normalized spacial score (nSPS) is 19.0. The van der Waals surface area contributed by atoms with Crippen molar-refractivity contribution in [2.24, 2.45) is 0 Å². The number of nitrogens with zero attached hydrogens (tertiary/aromatic N) is 4. The number of fused-ring (bicyclic) bond motifs is 2. The van der Waals surface area contributed by atoms with Crippen molar-refractivity contribution < 1.29 is 9.59 Å². The lowest BCUT2D eigenvalue weighted by atomic mass is 10.1. The Morgan fingerprint density at radius 1 is 1.42 bits per heavy atom. The van der Waals surface area contributed by atoms with Crippen LogP contribution in [-0.4, -0.2) is 50.3 Å². The molecule has 1 unspecified atom stereocenters. The summed E-state index contributed by atoms with van der Waals surface area (Å²) in [7, 11) is 1.62. The van der Waals surface area contributed by atoms with Gasteiger partial charge in [0.1, 0.15) is 0 Å². The summed E-state index contributed by atoms with van der Waals surface area (Å²) in [5, 5.41) is 14.2. The minimum Gasteiger partial charge on any atom is -0.359 e. The van der Waals surface area contributed by atoms with Crippen LogP contribution in [0.15, 0.2) is 12.3 Å². The van der Waals surface area contributed by atoms with E-state index in [1.165, 1.54) is 0 Å². The highest BCUT2D eigenvalue weighted by molar-refractivity contribution is 5.94. The van der Waals surface area contributed by atoms with E-state index in [-0.39, 0.29) is 17.9 Å². The number of hydrogen-bond donors (Lipinski definition) is 2. The number of hydrogen-bond acceptors (Lipinski definition) is 4. The Kier molecular flexibility index (Phi) is 3.59. The van der Waals surface area contributed by atoms with Gasteiger partial charge in [-0.15, -0.1) is 0 Å². The first-order chi connectivity index (χ1) is 11.7. The van der Waals surface area contributed by atoms with Crippen LogP contribution in [0.2, 0.25) is 0 Å². The van der Waals surface area contributed by atoms with Gasteiger partial charge in [0.05, 0.1) is 24.7 Å². The number of carbonyl (C=O) groups is 2. The third kappa shape index (κ3) is 2.38. The maximum absolute atomic E-state index is 13.0. The van der Waals surface area contributed by atoms with Gasteiger partial charge in [0.15, 0.2) is 5.69 Å². The molecule has 8 nitrogen and oxygen atoms in total. The summed E-state index contributed by atoms with van der Waals surface area (Å²) < 4.78 is 1.86. The van der Waals surface area contributed by atoms with Gasteiger partial charge < -0.3 is 10.2 Å². The maximum Gasteiger partial charge on any atom is 0.275 e. The largest absolute Gasteiger partial charge is 0.359 e. The Labute approximate surface area is 139 Å². The molecule has 2 N–H and O–H groups in total. The molecule has 1 atom stereocenters. The van der Waals surface area contributed by atoms with Crippen molar-refractivity contribution in [1.82, 2.24) is 30.2 Å². The number of carbonyl (C=O) groups excluding carboxylic acids is 2. The van der Waals surface area contributed by atoms with Gasteiger partial charge in [-0.2, -0.15) is 10.2 Å². The van der Waals surface area contributed by atoms with Crippen molar-refractivity contribution in [3.8, 4) is 0 Å². The lowest BCUT2D eigenvalue weighted by Crippen LogP contribution is -2.43. The Hall–Kier alpha value is -2.64. The zero-order valence-corrected chi connectivity index (χ0v) is 13.6.